The Labute approximate surface area is 105 Å². The molecule has 3 aromatic heterocycles. The molecule has 0 aliphatic carbocycles. The highest BCUT2D eigenvalue weighted by molar-refractivity contribution is 6.22. The fourth-order valence-electron chi connectivity index (χ4n) is 2.32. The first-order valence-corrected chi connectivity index (χ1v) is 5.82. The van der Waals surface area contributed by atoms with E-state index in [9.17, 15) is 0 Å². The van der Waals surface area contributed by atoms with E-state index in [1.165, 1.54) is 5.39 Å². The van der Waals surface area contributed by atoms with Crippen molar-refractivity contribution in [3.8, 4) is 0 Å². The first-order valence-electron chi connectivity index (χ1n) is 5.31. The second-order valence-corrected chi connectivity index (χ2v) is 4.57. The summed E-state index contributed by atoms with van der Waals surface area (Å²) in [6.07, 6.45) is 5.43. The lowest BCUT2D eigenvalue weighted by molar-refractivity contribution is 1.33. The number of pyridine rings is 1. The molecule has 2 radical (unpaired) electrons. The number of H-pyrrole nitrogens is 1. The van der Waals surface area contributed by atoms with E-state index in [2.05, 4.69) is 47.1 Å². The molecule has 17 heavy (non-hydrogen) atoms. The molecular formula is C12H7AlN4. The van der Waals surface area contributed by atoms with Crippen LogP contribution in [-0.2, 0) is 0 Å². The molecule has 4 nitrogen and oxygen atoms in total. The average molecular weight is 234 g/mol. The van der Waals surface area contributed by atoms with Gasteiger partial charge in [0.25, 0.3) is 0 Å². The van der Waals surface area contributed by atoms with Gasteiger partial charge in [-0.05, 0) is 18.2 Å². The molecule has 0 unspecified atom stereocenters. The molecule has 0 saturated carbocycles. The third-order valence-corrected chi connectivity index (χ3v) is 3.70. The number of nitrogens with one attached hydrogen (secondary N) is 1. The molecule has 0 fully saturated rings. The van der Waals surface area contributed by atoms with Crippen LogP contribution >= 0.6 is 0 Å². The van der Waals surface area contributed by atoms with Crippen LogP contribution in [0.1, 0.15) is 0 Å². The summed E-state index contributed by atoms with van der Waals surface area (Å²) in [4.78, 5) is 11.6. The van der Waals surface area contributed by atoms with Crippen LogP contribution < -0.4 is 0 Å². The first-order chi connectivity index (χ1) is 8.34. The van der Waals surface area contributed by atoms with Crippen LogP contribution in [0.3, 0.4) is 0 Å². The van der Waals surface area contributed by atoms with E-state index in [1.807, 2.05) is 18.5 Å². The summed E-state index contributed by atoms with van der Waals surface area (Å²) in [5.74, 6) is 0. The standard InChI is InChI=1S/C12H7N4.Al/c1-2-13-5-8-7-3-11-12(15-6-14-11)4-10(7)16-9(1)8;/h1-6H,(H,14,15);/q-1;+1. The number of imidazole rings is 1. The molecular weight excluding hydrogens is 227 g/mol. The van der Waals surface area contributed by atoms with Crippen LogP contribution in [0.15, 0.2) is 36.9 Å². The minimum absolute atomic E-state index is 0.983. The van der Waals surface area contributed by atoms with Gasteiger partial charge in [0.15, 0.2) is 0 Å². The van der Waals surface area contributed by atoms with Gasteiger partial charge in [-0.25, -0.2) is 4.98 Å². The van der Waals surface area contributed by atoms with Crippen LogP contribution in [0.4, 0.5) is 0 Å². The lowest BCUT2D eigenvalue weighted by atomic mass is 10.2. The fourth-order valence-corrected chi connectivity index (χ4v) is 2.76. The summed E-state index contributed by atoms with van der Waals surface area (Å²) in [5, 5.41) is 2.36. The predicted octanol–water partition coefficient (Wildman–Crippen LogP) is 2.00. The molecule has 0 spiro atoms. The number of fused-ring (bicyclic) bond motifs is 4. The Morgan fingerprint density at radius 2 is 2.12 bits per heavy atom. The monoisotopic (exact) mass is 234 g/mol. The molecule has 0 bridgehead atoms. The van der Waals surface area contributed by atoms with Gasteiger partial charge in [0, 0.05) is 34.2 Å². The Kier molecular flexibility index (Phi) is 1.68. The minimum atomic E-state index is 0.983. The van der Waals surface area contributed by atoms with Crippen molar-refractivity contribution in [2.45, 2.75) is 0 Å². The van der Waals surface area contributed by atoms with E-state index in [0.29, 0.717) is 0 Å². The van der Waals surface area contributed by atoms with E-state index < -0.39 is 0 Å². The van der Waals surface area contributed by atoms with Crippen molar-refractivity contribution in [3.63, 3.8) is 0 Å². The third-order valence-electron chi connectivity index (χ3n) is 3.15. The normalized spacial score (nSPS) is 11.8. The topological polar surface area (TPSA) is 46.5 Å². The van der Waals surface area contributed by atoms with Gasteiger partial charge in [0.2, 0.25) is 0 Å². The summed E-state index contributed by atoms with van der Waals surface area (Å²) in [7, 11) is 0. The van der Waals surface area contributed by atoms with Gasteiger partial charge in [0.05, 0.1) is 17.4 Å². The molecule has 78 valence electrons. The highest BCUT2D eigenvalue weighted by Crippen LogP contribution is 2.29. The van der Waals surface area contributed by atoms with Crippen molar-refractivity contribution in [1.29, 1.82) is 0 Å². The molecule has 0 aliphatic rings. The van der Waals surface area contributed by atoms with Crippen LogP contribution in [0, 0.1) is 0 Å². The van der Waals surface area contributed by atoms with Crippen molar-refractivity contribution in [2.75, 3.05) is 0 Å². The molecule has 1 N–H and O–H groups in total. The molecule has 1 aromatic carbocycles. The number of aromatic nitrogens is 4. The molecule has 0 amide bonds. The summed E-state index contributed by atoms with van der Waals surface area (Å²) in [6, 6.07) is 6.24. The van der Waals surface area contributed by atoms with Crippen LogP contribution in [0.5, 0.6) is 0 Å². The summed E-state index contributed by atoms with van der Waals surface area (Å²) in [6.45, 7) is 0. The molecule has 0 saturated heterocycles. The Morgan fingerprint density at radius 3 is 3.06 bits per heavy atom. The highest BCUT2D eigenvalue weighted by atomic mass is 27.1. The lowest BCUT2D eigenvalue weighted by Crippen LogP contribution is -1.89. The van der Waals surface area contributed by atoms with Crippen LogP contribution in [-0.4, -0.2) is 35.0 Å². The maximum Gasteiger partial charge on any atom is 0.318 e. The Hall–Kier alpha value is -1.83. The van der Waals surface area contributed by atoms with E-state index >= 15 is 0 Å². The van der Waals surface area contributed by atoms with Crippen molar-refractivity contribution in [3.05, 3.63) is 36.9 Å². The van der Waals surface area contributed by atoms with Crippen molar-refractivity contribution in [1.82, 2.24) is 18.5 Å². The van der Waals surface area contributed by atoms with Gasteiger partial charge in [-0.3, -0.25) is 4.98 Å². The van der Waals surface area contributed by atoms with E-state index in [0.717, 1.165) is 27.5 Å². The van der Waals surface area contributed by atoms with Crippen LogP contribution in [0.2, 0.25) is 0 Å². The van der Waals surface area contributed by atoms with Gasteiger partial charge in [-0.1, -0.05) is 0 Å². The number of benzene rings is 1. The number of rotatable bonds is 0. The second kappa shape index (κ2) is 3.10. The van der Waals surface area contributed by atoms with Gasteiger partial charge in [0.1, 0.15) is 0 Å². The van der Waals surface area contributed by atoms with Crippen LogP contribution in [0.25, 0.3) is 32.8 Å². The molecule has 0 aliphatic heterocycles. The fraction of sp³-hybridized carbons (Fsp3) is 0. The molecule has 4 aromatic rings. The molecule has 4 rings (SSSR count). The van der Waals surface area contributed by atoms with Crippen molar-refractivity contribution >= 4 is 49.4 Å². The maximum absolute atomic E-state index is 4.29. The molecule has 0 atom stereocenters. The summed E-state index contributed by atoms with van der Waals surface area (Å²) < 4.78 is 2.10. The number of nitrogens with zero attached hydrogens (tertiary/aromatic N) is 3. The minimum Gasteiger partial charge on any atom is -0.451 e. The van der Waals surface area contributed by atoms with Gasteiger partial charge < -0.3 is 8.53 Å². The Bertz CT molecular complexity index is 859. The van der Waals surface area contributed by atoms with Crippen molar-refractivity contribution in [2.24, 2.45) is 0 Å². The highest BCUT2D eigenvalue weighted by Gasteiger charge is 2.08. The van der Waals surface area contributed by atoms with Gasteiger partial charge in [-0.15, -0.1) is 0 Å². The zero-order chi connectivity index (χ0) is 11.4. The van der Waals surface area contributed by atoms with Gasteiger partial charge in [-0.2, -0.15) is 0 Å². The second-order valence-electron chi connectivity index (χ2n) is 4.05. The number of hydrogen-bond acceptors (Lipinski definition) is 2. The number of aromatic amines is 1. The predicted molar refractivity (Wildman–Crippen MR) is 68.0 cm³/mol. The largest absolute Gasteiger partial charge is 0.451 e. The van der Waals surface area contributed by atoms with Crippen molar-refractivity contribution < 1.29 is 0 Å². The summed E-state index contributed by atoms with van der Waals surface area (Å²) in [5.41, 5.74) is 4.35. The van der Waals surface area contributed by atoms with Gasteiger partial charge >= 0.3 is 16.5 Å². The maximum atomic E-state index is 4.29. The first kappa shape index (κ1) is 9.23. The quantitative estimate of drug-likeness (QED) is 0.473. The van der Waals surface area contributed by atoms with E-state index in [1.54, 1.807) is 6.33 Å². The zero-order valence-electron chi connectivity index (χ0n) is 8.88. The average Bonchev–Trinajstić information content (AvgIpc) is 2.92. The van der Waals surface area contributed by atoms with E-state index in [4.69, 9.17) is 0 Å². The SMILES string of the molecule is [Al][n]1c2ccncc2c2cc3[nH]cnc3cc21. The third kappa shape index (κ3) is 1.13. The lowest BCUT2D eigenvalue weighted by Gasteiger charge is -1.98. The smallest absolute Gasteiger partial charge is 0.318 e. The van der Waals surface area contributed by atoms with E-state index in [-0.39, 0.29) is 0 Å². The molecule has 3 heterocycles. The molecule has 5 heteroatoms. The Morgan fingerprint density at radius 1 is 1.18 bits per heavy atom. The summed E-state index contributed by atoms with van der Waals surface area (Å²) >= 11 is 2.74. The number of hydrogen-bond donors (Lipinski definition) is 1. The Balaban J connectivity index is 2.36. The zero-order valence-corrected chi connectivity index (χ0v) is 10.0.